The number of alkyl halides is 4. The quantitative estimate of drug-likeness (QED) is 0.860. The molecule has 0 fully saturated rings. The van der Waals surface area contributed by atoms with Crippen molar-refractivity contribution < 1.29 is 18.0 Å². The van der Waals surface area contributed by atoms with Crippen molar-refractivity contribution >= 4 is 28.8 Å². The number of rotatable bonds is 3. The summed E-state index contributed by atoms with van der Waals surface area (Å²) in [7, 11) is 0. The van der Waals surface area contributed by atoms with Crippen LogP contribution in [0.5, 0.6) is 0 Å². The number of hydrogen-bond donors (Lipinski definition) is 1. The van der Waals surface area contributed by atoms with Gasteiger partial charge < -0.3 is 5.32 Å². The van der Waals surface area contributed by atoms with Crippen LogP contribution in [0.1, 0.15) is 22.9 Å². The lowest BCUT2D eigenvalue weighted by atomic mass is 10.3. The molecule has 3 nitrogen and oxygen atoms in total. The topological polar surface area (TPSA) is 42.0 Å². The Labute approximate surface area is 98.6 Å². The molecule has 90 valence electrons. The minimum absolute atomic E-state index is 0.227. The van der Waals surface area contributed by atoms with Gasteiger partial charge in [0, 0.05) is 11.1 Å². The highest BCUT2D eigenvalue weighted by molar-refractivity contribution is 7.11. The van der Waals surface area contributed by atoms with Crippen LogP contribution in [0.25, 0.3) is 0 Å². The highest BCUT2D eigenvalue weighted by Crippen LogP contribution is 2.34. The average Bonchev–Trinajstić information content (AvgIpc) is 2.65. The van der Waals surface area contributed by atoms with Gasteiger partial charge in [-0.25, -0.2) is 4.98 Å². The van der Waals surface area contributed by atoms with Crippen LogP contribution in [0, 0.1) is 0 Å². The number of carbonyl (C=O) groups is 1. The van der Waals surface area contributed by atoms with Crippen LogP contribution >= 0.6 is 22.9 Å². The van der Waals surface area contributed by atoms with Crippen LogP contribution in [0.2, 0.25) is 0 Å². The molecule has 0 aliphatic rings. The molecule has 0 spiro atoms. The van der Waals surface area contributed by atoms with Crippen LogP contribution in [0.3, 0.4) is 0 Å². The fraction of sp³-hybridized carbons (Fsp3) is 0.500. The Bertz CT molecular complexity index is 380. The zero-order valence-corrected chi connectivity index (χ0v) is 9.71. The van der Waals surface area contributed by atoms with Gasteiger partial charge in [-0.2, -0.15) is 13.2 Å². The number of carbonyl (C=O) groups excluding carboxylic acids is 1. The number of nitrogens with one attached hydrogen (secondary N) is 1. The van der Waals surface area contributed by atoms with Gasteiger partial charge in [-0.1, -0.05) is 0 Å². The molecule has 1 N–H and O–H groups in total. The van der Waals surface area contributed by atoms with E-state index in [1.165, 1.54) is 0 Å². The summed E-state index contributed by atoms with van der Waals surface area (Å²) >= 11 is 5.76. The standard InChI is InChI=1S/C8H8ClF3N2OS/c1-4(14-6(15)2-9)5-3-13-7(16-5)8(10,11)12/h3-4H,2H2,1H3,(H,14,15). The van der Waals surface area contributed by atoms with E-state index in [1.807, 2.05) is 0 Å². The lowest BCUT2D eigenvalue weighted by Gasteiger charge is -2.09. The number of hydrogen-bond acceptors (Lipinski definition) is 3. The second-order valence-corrected chi connectivity index (χ2v) is 4.32. The predicted octanol–water partition coefficient (Wildman–Crippen LogP) is 2.58. The Morgan fingerprint density at radius 3 is 2.75 bits per heavy atom. The van der Waals surface area contributed by atoms with E-state index in [2.05, 4.69) is 10.3 Å². The Kier molecular flexibility index (Phi) is 4.15. The van der Waals surface area contributed by atoms with E-state index in [-0.39, 0.29) is 5.88 Å². The van der Waals surface area contributed by atoms with Crippen molar-refractivity contribution in [1.82, 2.24) is 10.3 Å². The van der Waals surface area contributed by atoms with Crippen molar-refractivity contribution in [2.75, 3.05) is 5.88 Å². The van der Waals surface area contributed by atoms with Crippen LogP contribution in [0.15, 0.2) is 6.20 Å². The molecule has 0 aromatic carbocycles. The van der Waals surface area contributed by atoms with E-state index in [1.54, 1.807) is 6.92 Å². The van der Waals surface area contributed by atoms with Crippen molar-refractivity contribution in [3.63, 3.8) is 0 Å². The maximum absolute atomic E-state index is 12.2. The molecular weight excluding hydrogens is 265 g/mol. The molecule has 0 saturated heterocycles. The second kappa shape index (κ2) is 5.01. The molecule has 1 amide bonds. The van der Waals surface area contributed by atoms with E-state index < -0.39 is 23.1 Å². The molecule has 16 heavy (non-hydrogen) atoms. The maximum Gasteiger partial charge on any atom is 0.443 e. The van der Waals surface area contributed by atoms with Crippen molar-refractivity contribution in [1.29, 1.82) is 0 Å². The minimum Gasteiger partial charge on any atom is -0.348 e. The molecule has 0 aliphatic carbocycles. The largest absolute Gasteiger partial charge is 0.443 e. The van der Waals surface area contributed by atoms with Gasteiger partial charge in [0.2, 0.25) is 5.91 Å². The molecule has 1 atom stereocenters. The van der Waals surface area contributed by atoms with Gasteiger partial charge in [-0.05, 0) is 6.92 Å². The third-order valence-electron chi connectivity index (χ3n) is 1.69. The van der Waals surface area contributed by atoms with Crippen LogP contribution in [-0.2, 0) is 11.0 Å². The highest BCUT2D eigenvalue weighted by atomic mass is 35.5. The van der Waals surface area contributed by atoms with E-state index in [4.69, 9.17) is 11.6 Å². The van der Waals surface area contributed by atoms with Crippen LogP contribution in [-0.4, -0.2) is 16.8 Å². The van der Waals surface area contributed by atoms with Crippen LogP contribution in [0.4, 0.5) is 13.2 Å². The summed E-state index contributed by atoms with van der Waals surface area (Å²) in [4.78, 5) is 14.5. The van der Waals surface area contributed by atoms with Gasteiger partial charge in [-0.3, -0.25) is 4.79 Å². The normalized spacial score (nSPS) is 13.6. The Balaban J connectivity index is 2.74. The number of amides is 1. The summed E-state index contributed by atoms with van der Waals surface area (Å²) < 4.78 is 36.7. The fourth-order valence-corrected chi connectivity index (χ4v) is 1.83. The van der Waals surface area contributed by atoms with Crippen molar-refractivity contribution in [3.8, 4) is 0 Å². The minimum atomic E-state index is -4.45. The number of halogens is 4. The van der Waals surface area contributed by atoms with Crippen molar-refractivity contribution in [2.24, 2.45) is 0 Å². The molecule has 0 bridgehead atoms. The Hall–Kier alpha value is -0.820. The molecule has 8 heteroatoms. The summed E-state index contributed by atoms with van der Waals surface area (Å²) in [6, 6.07) is -0.528. The first-order chi connectivity index (χ1) is 7.34. The van der Waals surface area contributed by atoms with Gasteiger partial charge in [-0.15, -0.1) is 22.9 Å². The molecule has 0 aliphatic heterocycles. The van der Waals surface area contributed by atoms with E-state index in [9.17, 15) is 18.0 Å². The van der Waals surface area contributed by atoms with Gasteiger partial charge in [0.25, 0.3) is 0 Å². The SMILES string of the molecule is CC(NC(=O)CCl)c1cnc(C(F)(F)F)s1. The summed E-state index contributed by atoms with van der Waals surface area (Å²) in [5, 5.41) is 1.52. The van der Waals surface area contributed by atoms with Crippen LogP contribution < -0.4 is 5.32 Å². The van der Waals surface area contributed by atoms with E-state index >= 15 is 0 Å². The summed E-state index contributed by atoms with van der Waals surface area (Å²) in [6.07, 6.45) is -3.34. The van der Waals surface area contributed by atoms with E-state index in [0.29, 0.717) is 16.2 Å². The fourth-order valence-electron chi connectivity index (χ4n) is 0.969. The number of aromatic nitrogens is 1. The zero-order valence-electron chi connectivity index (χ0n) is 8.14. The van der Waals surface area contributed by atoms with Crippen molar-refractivity contribution in [3.05, 3.63) is 16.1 Å². The number of nitrogens with zero attached hydrogens (tertiary/aromatic N) is 1. The molecule has 0 saturated carbocycles. The Morgan fingerprint density at radius 1 is 1.69 bits per heavy atom. The first-order valence-corrected chi connectivity index (χ1v) is 5.58. The van der Waals surface area contributed by atoms with Gasteiger partial charge in [0.05, 0.1) is 6.04 Å². The first-order valence-electron chi connectivity index (χ1n) is 4.23. The zero-order chi connectivity index (χ0) is 12.3. The molecule has 1 aromatic heterocycles. The summed E-state index contributed by atoms with van der Waals surface area (Å²) in [5.41, 5.74) is 0. The van der Waals surface area contributed by atoms with Gasteiger partial charge in [0.1, 0.15) is 5.88 Å². The average molecular weight is 273 g/mol. The molecule has 1 aromatic rings. The monoisotopic (exact) mass is 272 g/mol. The first kappa shape index (κ1) is 13.2. The van der Waals surface area contributed by atoms with Crippen molar-refractivity contribution in [2.45, 2.75) is 19.1 Å². The highest BCUT2D eigenvalue weighted by Gasteiger charge is 2.35. The smallest absolute Gasteiger partial charge is 0.348 e. The Morgan fingerprint density at radius 2 is 2.31 bits per heavy atom. The number of thiazole rings is 1. The van der Waals surface area contributed by atoms with E-state index in [0.717, 1.165) is 6.20 Å². The predicted molar refractivity (Wildman–Crippen MR) is 54.4 cm³/mol. The van der Waals surface area contributed by atoms with Gasteiger partial charge >= 0.3 is 6.18 Å². The van der Waals surface area contributed by atoms with Gasteiger partial charge in [0.15, 0.2) is 5.01 Å². The second-order valence-electron chi connectivity index (χ2n) is 2.99. The summed E-state index contributed by atoms with van der Waals surface area (Å²) in [6.45, 7) is 1.57. The lowest BCUT2D eigenvalue weighted by Crippen LogP contribution is -2.26. The molecule has 1 unspecified atom stereocenters. The molecular formula is C8H8ClF3N2OS. The molecule has 1 rings (SSSR count). The molecule has 0 radical (unpaired) electrons. The maximum atomic E-state index is 12.2. The third kappa shape index (κ3) is 3.34. The summed E-state index contributed by atoms with van der Waals surface area (Å²) in [5.74, 6) is -0.661. The lowest BCUT2D eigenvalue weighted by molar-refractivity contribution is -0.137. The molecule has 1 heterocycles. The third-order valence-corrected chi connectivity index (χ3v) is 3.16.